The normalized spacial score (nSPS) is 12.2. The second-order valence-electron chi connectivity index (χ2n) is 4.33. The van der Waals surface area contributed by atoms with Gasteiger partial charge >= 0.3 is 5.97 Å². The van der Waals surface area contributed by atoms with E-state index in [1.165, 1.54) is 0 Å². The molecule has 0 bridgehead atoms. The molecule has 1 aromatic heterocycles. The Kier molecular flexibility index (Phi) is 4.89. The van der Waals surface area contributed by atoms with Gasteiger partial charge in [0, 0.05) is 10.9 Å². The van der Waals surface area contributed by atoms with Crippen molar-refractivity contribution in [2.45, 2.75) is 26.2 Å². The molecular weight excluding hydrogens is 324 g/mol. The van der Waals surface area contributed by atoms with Crippen LogP contribution < -0.4 is 0 Å². The molecule has 0 radical (unpaired) electrons. The minimum Gasteiger partial charge on any atom is -0.465 e. The highest BCUT2D eigenvalue weighted by Crippen LogP contribution is 2.17. The van der Waals surface area contributed by atoms with Crippen molar-refractivity contribution in [3.63, 3.8) is 0 Å². The Labute approximate surface area is 125 Å². The third-order valence-electron chi connectivity index (χ3n) is 2.77. The van der Waals surface area contributed by atoms with Crippen LogP contribution in [0.15, 0.2) is 33.3 Å². The van der Waals surface area contributed by atoms with Crippen LogP contribution in [-0.2, 0) is 16.0 Å². The summed E-state index contributed by atoms with van der Waals surface area (Å²) in [4.78, 5) is 15.8. The zero-order valence-electron chi connectivity index (χ0n) is 11.3. The summed E-state index contributed by atoms with van der Waals surface area (Å²) >= 11 is 3.38. The zero-order valence-corrected chi connectivity index (χ0v) is 12.9. The van der Waals surface area contributed by atoms with Crippen LogP contribution in [0.2, 0.25) is 0 Å². The summed E-state index contributed by atoms with van der Waals surface area (Å²) in [5, 5.41) is 3.89. The molecule has 1 aromatic carbocycles. The number of rotatable bonds is 5. The van der Waals surface area contributed by atoms with Crippen molar-refractivity contribution in [3.05, 3.63) is 46.0 Å². The Morgan fingerprint density at radius 1 is 1.40 bits per heavy atom. The summed E-state index contributed by atoms with van der Waals surface area (Å²) in [7, 11) is 0. The summed E-state index contributed by atoms with van der Waals surface area (Å²) in [5.41, 5.74) is 1.07. The Bertz CT molecular complexity index is 580. The van der Waals surface area contributed by atoms with E-state index >= 15 is 0 Å². The first-order valence-electron chi connectivity index (χ1n) is 6.33. The molecule has 2 rings (SSSR count). The number of benzene rings is 1. The van der Waals surface area contributed by atoms with Gasteiger partial charge in [0.25, 0.3) is 0 Å². The van der Waals surface area contributed by atoms with Gasteiger partial charge in [0.1, 0.15) is 5.92 Å². The number of halogens is 1. The van der Waals surface area contributed by atoms with Crippen LogP contribution >= 0.6 is 15.9 Å². The summed E-state index contributed by atoms with van der Waals surface area (Å²) < 4.78 is 11.1. The first-order chi connectivity index (χ1) is 9.60. The highest BCUT2D eigenvalue weighted by Gasteiger charge is 2.23. The molecule has 0 saturated heterocycles. The predicted octanol–water partition coefficient (Wildman–Crippen LogP) is 3.09. The average Bonchev–Trinajstić information content (AvgIpc) is 2.89. The van der Waals surface area contributed by atoms with E-state index in [0.717, 1.165) is 10.0 Å². The Morgan fingerprint density at radius 2 is 2.10 bits per heavy atom. The second-order valence-corrected chi connectivity index (χ2v) is 5.24. The first-order valence-corrected chi connectivity index (χ1v) is 7.13. The largest absolute Gasteiger partial charge is 0.465 e. The number of hydrogen-bond donors (Lipinski definition) is 0. The van der Waals surface area contributed by atoms with Gasteiger partial charge in [-0.1, -0.05) is 33.2 Å². The van der Waals surface area contributed by atoms with Gasteiger partial charge in [-0.05, 0) is 31.5 Å². The Balaban J connectivity index is 2.05. The van der Waals surface area contributed by atoms with Crippen molar-refractivity contribution in [3.8, 4) is 0 Å². The molecule has 1 atom stereocenters. The SMILES string of the molecule is CCOC(=O)C(C)c1nc(Cc2ccc(Br)cc2)no1. The maximum absolute atomic E-state index is 11.6. The molecule has 2 aromatic rings. The zero-order chi connectivity index (χ0) is 14.5. The van der Waals surface area contributed by atoms with Crippen LogP contribution in [0, 0.1) is 0 Å². The topological polar surface area (TPSA) is 65.2 Å². The van der Waals surface area contributed by atoms with E-state index in [-0.39, 0.29) is 11.9 Å². The number of carbonyl (C=O) groups excluding carboxylic acids is 1. The first kappa shape index (κ1) is 14.7. The molecule has 0 aliphatic heterocycles. The lowest BCUT2D eigenvalue weighted by atomic mass is 10.1. The van der Waals surface area contributed by atoms with E-state index < -0.39 is 5.92 Å². The lowest BCUT2D eigenvalue weighted by Crippen LogP contribution is -2.13. The fourth-order valence-corrected chi connectivity index (χ4v) is 1.93. The van der Waals surface area contributed by atoms with Crippen molar-refractivity contribution < 1.29 is 14.1 Å². The van der Waals surface area contributed by atoms with Gasteiger partial charge in [0.05, 0.1) is 6.61 Å². The highest BCUT2D eigenvalue weighted by molar-refractivity contribution is 9.10. The average molecular weight is 339 g/mol. The molecule has 106 valence electrons. The fraction of sp³-hybridized carbons (Fsp3) is 0.357. The van der Waals surface area contributed by atoms with Gasteiger partial charge in [0.2, 0.25) is 5.89 Å². The Morgan fingerprint density at radius 3 is 2.75 bits per heavy atom. The summed E-state index contributed by atoms with van der Waals surface area (Å²) in [6, 6.07) is 7.87. The smallest absolute Gasteiger partial charge is 0.318 e. The van der Waals surface area contributed by atoms with Crippen molar-refractivity contribution in [1.82, 2.24) is 10.1 Å². The maximum Gasteiger partial charge on any atom is 0.318 e. The molecule has 1 unspecified atom stereocenters. The second kappa shape index (κ2) is 6.65. The minimum absolute atomic E-state index is 0.288. The molecule has 0 aliphatic rings. The van der Waals surface area contributed by atoms with Gasteiger partial charge in [0.15, 0.2) is 5.82 Å². The quantitative estimate of drug-likeness (QED) is 0.783. The molecular formula is C14H15BrN2O3. The van der Waals surface area contributed by atoms with E-state index in [0.29, 0.717) is 18.9 Å². The van der Waals surface area contributed by atoms with Crippen LogP contribution in [0.25, 0.3) is 0 Å². The van der Waals surface area contributed by atoms with Crippen LogP contribution in [0.3, 0.4) is 0 Å². The lowest BCUT2D eigenvalue weighted by Gasteiger charge is -2.04. The monoisotopic (exact) mass is 338 g/mol. The number of aromatic nitrogens is 2. The maximum atomic E-state index is 11.6. The predicted molar refractivity (Wildman–Crippen MR) is 76.3 cm³/mol. The molecule has 0 saturated carbocycles. The summed E-state index contributed by atoms with van der Waals surface area (Å²) in [6.07, 6.45) is 0.562. The molecule has 6 heteroatoms. The van der Waals surface area contributed by atoms with E-state index in [1.54, 1.807) is 13.8 Å². The number of carbonyl (C=O) groups is 1. The van der Waals surface area contributed by atoms with Crippen molar-refractivity contribution in [2.24, 2.45) is 0 Å². The molecule has 0 spiro atoms. The number of nitrogens with zero attached hydrogens (tertiary/aromatic N) is 2. The molecule has 20 heavy (non-hydrogen) atoms. The van der Waals surface area contributed by atoms with Gasteiger partial charge in [-0.15, -0.1) is 0 Å². The van der Waals surface area contributed by atoms with E-state index in [1.807, 2.05) is 24.3 Å². The number of ether oxygens (including phenoxy) is 1. The standard InChI is InChI=1S/C14H15BrN2O3/c1-3-19-14(18)9(2)13-16-12(17-20-13)8-10-4-6-11(15)7-5-10/h4-7,9H,3,8H2,1-2H3. The molecule has 0 N–H and O–H groups in total. The van der Waals surface area contributed by atoms with Gasteiger partial charge in [-0.2, -0.15) is 4.98 Å². The van der Waals surface area contributed by atoms with Gasteiger partial charge in [-0.25, -0.2) is 0 Å². The van der Waals surface area contributed by atoms with Crippen molar-refractivity contribution in [2.75, 3.05) is 6.61 Å². The van der Waals surface area contributed by atoms with Crippen LogP contribution in [0.1, 0.15) is 37.0 Å². The molecule has 1 heterocycles. The third kappa shape index (κ3) is 3.66. The van der Waals surface area contributed by atoms with Gasteiger partial charge in [-0.3, -0.25) is 4.79 Å². The Hall–Kier alpha value is -1.69. The third-order valence-corrected chi connectivity index (χ3v) is 3.30. The van der Waals surface area contributed by atoms with Crippen molar-refractivity contribution >= 4 is 21.9 Å². The number of hydrogen-bond acceptors (Lipinski definition) is 5. The van der Waals surface area contributed by atoms with E-state index in [4.69, 9.17) is 9.26 Å². The minimum atomic E-state index is -0.541. The summed E-state index contributed by atoms with van der Waals surface area (Å²) in [6.45, 7) is 3.79. The number of esters is 1. The molecule has 0 fully saturated rings. The highest BCUT2D eigenvalue weighted by atomic mass is 79.9. The summed E-state index contributed by atoms with van der Waals surface area (Å²) in [5.74, 6) is -0.0542. The molecule has 0 amide bonds. The van der Waals surface area contributed by atoms with Crippen LogP contribution in [0.4, 0.5) is 0 Å². The van der Waals surface area contributed by atoms with E-state index in [9.17, 15) is 4.79 Å². The van der Waals surface area contributed by atoms with Crippen LogP contribution in [0.5, 0.6) is 0 Å². The van der Waals surface area contributed by atoms with Crippen LogP contribution in [-0.4, -0.2) is 22.7 Å². The molecule has 0 aliphatic carbocycles. The van der Waals surface area contributed by atoms with Gasteiger partial charge < -0.3 is 9.26 Å². The molecule has 5 nitrogen and oxygen atoms in total. The van der Waals surface area contributed by atoms with E-state index in [2.05, 4.69) is 26.1 Å². The lowest BCUT2D eigenvalue weighted by molar-refractivity contribution is -0.145. The fourth-order valence-electron chi connectivity index (χ4n) is 1.67. The van der Waals surface area contributed by atoms with Crippen molar-refractivity contribution in [1.29, 1.82) is 0 Å².